The summed E-state index contributed by atoms with van der Waals surface area (Å²) in [7, 11) is 0. The molecule has 2 rings (SSSR count). The summed E-state index contributed by atoms with van der Waals surface area (Å²) in [6, 6.07) is 7.56. The van der Waals surface area contributed by atoms with Crippen molar-refractivity contribution in [3.8, 4) is 0 Å². The molecule has 0 radical (unpaired) electrons. The summed E-state index contributed by atoms with van der Waals surface area (Å²) in [5.74, 6) is -0.183. The van der Waals surface area contributed by atoms with E-state index in [1.165, 1.54) is 12.5 Å². The highest BCUT2D eigenvalue weighted by atomic mass is 19.1. The fraction of sp³-hybridized carbons (Fsp3) is 0.647. The second kappa shape index (κ2) is 7.34. The maximum absolute atomic E-state index is 13.5. The molecule has 4 heteroatoms. The number of hydrogen-bond acceptors (Lipinski definition) is 3. The van der Waals surface area contributed by atoms with Gasteiger partial charge in [0.1, 0.15) is 5.82 Å². The number of likely N-dealkylation sites (tertiary alicyclic amines) is 1. The summed E-state index contributed by atoms with van der Waals surface area (Å²) in [6.45, 7) is 10.6. The summed E-state index contributed by atoms with van der Waals surface area (Å²) in [6.07, 6.45) is 1.17. The van der Waals surface area contributed by atoms with Crippen molar-refractivity contribution in [2.24, 2.45) is 5.73 Å². The molecule has 1 heterocycles. The number of nitrogens with two attached hydrogens (primary N) is 1. The average molecular weight is 293 g/mol. The first kappa shape index (κ1) is 16.4. The van der Waals surface area contributed by atoms with Gasteiger partial charge in [0.15, 0.2) is 0 Å². The van der Waals surface area contributed by atoms with E-state index in [1.54, 1.807) is 12.1 Å². The summed E-state index contributed by atoms with van der Waals surface area (Å²) in [4.78, 5) is 4.92. The molecule has 3 unspecified atom stereocenters. The highest BCUT2D eigenvalue weighted by molar-refractivity contribution is 5.22. The molecule has 3 nitrogen and oxygen atoms in total. The van der Waals surface area contributed by atoms with E-state index in [-0.39, 0.29) is 17.9 Å². The van der Waals surface area contributed by atoms with Crippen LogP contribution in [0.4, 0.5) is 4.39 Å². The summed E-state index contributed by atoms with van der Waals surface area (Å²) in [5.41, 5.74) is 7.20. The van der Waals surface area contributed by atoms with Gasteiger partial charge in [0, 0.05) is 31.2 Å². The molecule has 1 aromatic rings. The van der Waals surface area contributed by atoms with Crippen LogP contribution >= 0.6 is 0 Å². The van der Waals surface area contributed by atoms with Crippen LogP contribution in [0.1, 0.15) is 38.8 Å². The zero-order chi connectivity index (χ0) is 15.4. The minimum absolute atomic E-state index is 0.0118. The van der Waals surface area contributed by atoms with Crippen LogP contribution in [0.3, 0.4) is 0 Å². The number of hydrogen-bond donors (Lipinski definition) is 1. The Bertz CT molecular complexity index is 445. The van der Waals surface area contributed by atoms with E-state index in [9.17, 15) is 4.39 Å². The molecule has 21 heavy (non-hydrogen) atoms. The summed E-state index contributed by atoms with van der Waals surface area (Å²) >= 11 is 0. The van der Waals surface area contributed by atoms with E-state index in [2.05, 4.69) is 23.6 Å². The molecule has 1 aromatic carbocycles. The molecule has 118 valence electrons. The molecule has 1 fully saturated rings. The van der Waals surface area contributed by atoms with E-state index in [0.29, 0.717) is 6.04 Å². The Balaban J connectivity index is 2.14. The Morgan fingerprint density at radius 1 is 1.38 bits per heavy atom. The lowest BCUT2D eigenvalue weighted by molar-refractivity contribution is 0.176. The zero-order valence-electron chi connectivity index (χ0n) is 13.4. The Morgan fingerprint density at radius 2 is 2.10 bits per heavy atom. The van der Waals surface area contributed by atoms with Gasteiger partial charge in [0.25, 0.3) is 0 Å². The minimum Gasteiger partial charge on any atom is -0.326 e. The molecule has 0 spiro atoms. The highest BCUT2D eigenvalue weighted by Crippen LogP contribution is 2.29. The van der Waals surface area contributed by atoms with Crippen molar-refractivity contribution in [1.29, 1.82) is 0 Å². The second-order valence-corrected chi connectivity index (χ2v) is 6.02. The largest absolute Gasteiger partial charge is 0.326 e. The average Bonchev–Trinajstić information content (AvgIpc) is 2.89. The molecule has 1 aliphatic rings. The topological polar surface area (TPSA) is 32.5 Å². The number of nitrogens with zero attached hydrogens (tertiary/aromatic N) is 2. The fourth-order valence-electron chi connectivity index (χ4n) is 3.60. The van der Waals surface area contributed by atoms with Crippen molar-refractivity contribution < 1.29 is 4.39 Å². The van der Waals surface area contributed by atoms with Crippen molar-refractivity contribution in [3.63, 3.8) is 0 Å². The van der Waals surface area contributed by atoms with Crippen molar-refractivity contribution >= 4 is 0 Å². The van der Waals surface area contributed by atoms with Crippen LogP contribution < -0.4 is 5.73 Å². The lowest BCUT2D eigenvalue weighted by atomic mass is 9.99. The number of likely N-dealkylation sites (N-methyl/N-ethyl adjacent to an activating group) is 1. The number of halogens is 1. The van der Waals surface area contributed by atoms with Gasteiger partial charge in [-0.3, -0.25) is 9.80 Å². The van der Waals surface area contributed by atoms with Crippen LogP contribution in [0, 0.1) is 5.82 Å². The maximum atomic E-state index is 13.5. The molecular formula is C17H28FN3. The third-order valence-electron chi connectivity index (χ3n) is 4.61. The van der Waals surface area contributed by atoms with E-state index >= 15 is 0 Å². The molecule has 1 aliphatic heterocycles. The smallest absolute Gasteiger partial charge is 0.123 e. The van der Waals surface area contributed by atoms with Gasteiger partial charge in [-0.1, -0.05) is 26.0 Å². The Morgan fingerprint density at radius 3 is 2.67 bits per heavy atom. The lowest BCUT2D eigenvalue weighted by Crippen LogP contribution is -2.41. The van der Waals surface area contributed by atoms with Gasteiger partial charge in [-0.2, -0.15) is 0 Å². The van der Waals surface area contributed by atoms with Crippen molar-refractivity contribution in [1.82, 2.24) is 9.80 Å². The van der Waals surface area contributed by atoms with Crippen LogP contribution in [0.5, 0.6) is 0 Å². The van der Waals surface area contributed by atoms with Gasteiger partial charge in [0.2, 0.25) is 0 Å². The fourth-order valence-corrected chi connectivity index (χ4v) is 3.60. The quantitative estimate of drug-likeness (QED) is 0.875. The molecule has 2 N–H and O–H groups in total. The molecule has 0 aromatic heterocycles. The van der Waals surface area contributed by atoms with Crippen molar-refractivity contribution in [2.75, 3.05) is 26.2 Å². The van der Waals surface area contributed by atoms with Gasteiger partial charge < -0.3 is 5.73 Å². The molecular weight excluding hydrogens is 265 g/mol. The van der Waals surface area contributed by atoms with Gasteiger partial charge in [0.05, 0.1) is 0 Å². The molecule has 0 amide bonds. The monoisotopic (exact) mass is 293 g/mol. The normalized spacial score (nSPS) is 22.7. The first-order valence-corrected chi connectivity index (χ1v) is 8.06. The van der Waals surface area contributed by atoms with Crippen LogP contribution in [0.15, 0.2) is 24.3 Å². The predicted octanol–water partition coefficient (Wildman–Crippen LogP) is 2.63. The third kappa shape index (κ3) is 3.82. The zero-order valence-corrected chi connectivity index (χ0v) is 13.4. The Kier molecular flexibility index (Phi) is 5.73. The van der Waals surface area contributed by atoms with Gasteiger partial charge in [-0.25, -0.2) is 4.39 Å². The Labute approximate surface area is 127 Å². The predicted molar refractivity (Wildman–Crippen MR) is 85.7 cm³/mol. The van der Waals surface area contributed by atoms with Gasteiger partial charge in [-0.05, 0) is 44.1 Å². The first-order valence-electron chi connectivity index (χ1n) is 8.06. The molecule has 3 atom stereocenters. The van der Waals surface area contributed by atoms with E-state index < -0.39 is 0 Å². The SMILES string of the molecule is CCN(CC)C1CCN(C(c2cccc(F)c2)C(C)N)C1. The summed E-state index contributed by atoms with van der Waals surface area (Å²) < 4.78 is 13.5. The number of benzene rings is 1. The maximum Gasteiger partial charge on any atom is 0.123 e. The van der Waals surface area contributed by atoms with Gasteiger partial charge >= 0.3 is 0 Å². The number of rotatable bonds is 6. The van der Waals surface area contributed by atoms with E-state index in [1.807, 2.05) is 13.0 Å². The Hall–Kier alpha value is -0.970. The summed E-state index contributed by atoms with van der Waals surface area (Å²) in [5, 5.41) is 0. The molecule has 0 aliphatic carbocycles. The highest BCUT2D eigenvalue weighted by Gasteiger charge is 2.33. The van der Waals surface area contributed by atoms with Crippen molar-refractivity contribution in [2.45, 2.75) is 45.3 Å². The van der Waals surface area contributed by atoms with Crippen molar-refractivity contribution in [3.05, 3.63) is 35.6 Å². The first-order chi connectivity index (χ1) is 10.1. The molecule has 0 saturated carbocycles. The third-order valence-corrected chi connectivity index (χ3v) is 4.61. The van der Waals surface area contributed by atoms with Crippen LogP contribution in [0.2, 0.25) is 0 Å². The van der Waals surface area contributed by atoms with Crippen LogP contribution in [0.25, 0.3) is 0 Å². The minimum atomic E-state index is -0.183. The van der Waals surface area contributed by atoms with E-state index in [4.69, 9.17) is 5.73 Å². The molecule has 1 saturated heterocycles. The van der Waals surface area contributed by atoms with E-state index in [0.717, 1.165) is 31.7 Å². The van der Waals surface area contributed by atoms with Crippen LogP contribution in [-0.4, -0.2) is 48.1 Å². The van der Waals surface area contributed by atoms with Gasteiger partial charge in [-0.15, -0.1) is 0 Å². The standard InChI is InChI=1S/C17H28FN3/c1-4-20(5-2)16-9-10-21(12-16)17(13(3)19)14-7-6-8-15(18)11-14/h6-8,11,13,16-17H,4-5,9-10,12,19H2,1-3H3. The molecule has 0 bridgehead atoms. The van der Waals surface area contributed by atoms with Crippen LogP contribution in [-0.2, 0) is 0 Å². The lowest BCUT2D eigenvalue weighted by Gasteiger charge is -2.33. The second-order valence-electron chi connectivity index (χ2n) is 6.02.